The van der Waals surface area contributed by atoms with Crippen molar-refractivity contribution in [3.63, 3.8) is 0 Å². The van der Waals surface area contributed by atoms with Crippen LogP contribution in [0.1, 0.15) is 63.2 Å². The lowest BCUT2D eigenvalue weighted by molar-refractivity contribution is -0.159. The van der Waals surface area contributed by atoms with Gasteiger partial charge in [0.15, 0.2) is 0 Å². The molecule has 6 heteroatoms. The standard InChI is InChI=1S/C22H27N3O2S/c26-21(22-10-14-7-15(11-22)9-16(8-14)12-22)25-5-1-3-17(13-25)19-23-24-20(27-19)18-4-2-6-28-18/h2,4,6,14-17H,1,3,5,7-13H2. The van der Waals surface area contributed by atoms with Crippen LogP contribution in [-0.4, -0.2) is 34.1 Å². The molecule has 1 aliphatic heterocycles. The minimum absolute atomic E-state index is 0.0480. The number of amides is 1. The van der Waals surface area contributed by atoms with E-state index in [0.717, 1.165) is 67.8 Å². The number of piperidine rings is 1. The van der Waals surface area contributed by atoms with E-state index in [2.05, 4.69) is 15.1 Å². The number of nitrogens with zero attached hydrogens (tertiary/aromatic N) is 3. The van der Waals surface area contributed by atoms with Crippen LogP contribution in [0.4, 0.5) is 0 Å². The predicted octanol–water partition coefficient (Wildman–Crippen LogP) is 4.72. The molecule has 1 unspecified atom stereocenters. The highest BCUT2D eigenvalue weighted by molar-refractivity contribution is 7.13. The van der Waals surface area contributed by atoms with E-state index in [-0.39, 0.29) is 11.3 Å². The third kappa shape index (κ3) is 2.75. The molecule has 3 heterocycles. The normalized spacial score (nSPS) is 36.8. The molecule has 0 spiro atoms. The van der Waals surface area contributed by atoms with Crippen LogP contribution in [0.5, 0.6) is 0 Å². The summed E-state index contributed by atoms with van der Waals surface area (Å²) < 4.78 is 6.00. The molecule has 1 atom stereocenters. The molecule has 5 aliphatic rings. The van der Waals surface area contributed by atoms with E-state index in [4.69, 9.17) is 4.42 Å². The number of likely N-dealkylation sites (tertiary alicyclic amines) is 1. The molecule has 2 aromatic heterocycles. The van der Waals surface area contributed by atoms with Crippen molar-refractivity contribution < 1.29 is 9.21 Å². The maximum absolute atomic E-state index is 13.7. The van der Waals surface area contributed by atoms with Gasteiger partial charge in [-0.25, -0.2) is 0 Å². The average molecular weight is 398 g/mol. The maximum atomic E-state index is 13.7. The minimum Gasteiger partial charge on any atom is -0.420 e. The Morgan fingerprint density at radius 3 is 2.57 bits per heavy atom. The van der Waals surface area contributed by atoms with Gasteiger partial charge in [-0.15, -0.1) is 21.5 Å². The molecule has 0 N–H and O–H groups in total. The van der Waals surface area contributed by atoms with Crippen LogP contribution in [0.25, 0.3) is 10.8 Å². The van der Waals surface area contributed by atoms with Gasteiger partial charge in [0, 0.05) is 13.1 Å². The molecular weight excluding hydrogens is 370 g/mol. The first-order valence-corrected chi connectivity index (χ1v) is 11.7. The van der Waals surface area contributed by atoms with Crippen LogP contribution in [0.15, 0.2) is 21.9 Å². The second-order valence-corrected chi connectivity index (χ2v) is 10.7. The number of carbonyl (C=O) groups is 1. The summed E-state index contributed by atoms with van der Waals surface area (Å²) in [7, 11) is 0. The van der Waals surface area contributed by atoms with Gasteiger partial charge in [0.2, 0.25) is 11.8 Å². The molecule has 0 radical (unpaired) electrons. The first kappa shape index (κ1) is 17.2. The predicted molar refractivity (Wildman–Crippen MR) is 107 cm³/mol. The van der Waals surface area contributed by atoms with Gasteiger partial charge in [-0.05, 0) is 80.6 Å². The molecule has 28 heavy (non-hydrogen) atoms. The highest BCUT2D eigenvalue weighted by atomic mass is 32.1. The molecular formula is C22H27N3O2S. The van der Waals surface area contributed by atoms with Crippen molar-refractivity contribution in [2.24, 2.45) is 23.2 Å². The van der Waals surface area contributed by atoms with Crippen molar-refractivity contribution in [2.75, 3.05) is 13.1 Å². The monoisotopic (exact) mass is 397 g/mol. The molecule has 148 valence electrons. The van der Waals surface area contributed by atoms with Gasteiger partial charge < -0.3 is 9.32 Å². The highest BCUT2D eigenvalue weighted by Crippen LogP contribution is 2.60. The fraction of sp³-hybridized carbons (Fsp3) is 0.682. The molecule has 2 aromatic rings. The number of rotatable bonds is 3. The van der Waals surface area contributed by atoms with Crippen LogP contribution >= 0.6 is 11.3 Å². The molecule has 0 aromatic carbocycles. The Hall–Kier alpha value is -1.69. The summed E-state index contributed by atoms with van der Waals surface area (Å²) in [5.74, 6) is 4.34. The van der Waals surface area contributed by atoms with E-state index in [0.29, 0.717) is 17.7 Å². The Balaban J connectivity index is 1.20. The van der Waals surface area contributed by atoms with Crippen molar-refractivity contribution in [3.05, 3.63) is 23.4 Å². The quantitative estimate of drug-likeness (QED) is 0.752. The van der Waals surface area contributed by atoms with Crippen LogP contribution in [0.2, 0.25) is 0 Å². The Kier molecular flexibility index (Phi) is 3.94. The Labute approximate surface area is 169 Å². The van der Waals surface area contributed by atoms with E-state index in [9.17, 15) is 4.79 Å². The zero-order valence-corrected chi connectivity index (χ0v) is 17.0. The van der Waals surface area contributed by atoms with Gasteiger partial charge in [0.1, 0.15) is 0 Å². The zero-order chi connectivity index (χ0) is 18.7. The van der Waals surface area contributed by atoms with Crippen molar-refractivity contribution in [2.45, 2.75) is 57.3 Å². The Morgan fingerprint density at radius 2 is 1.89 bits per heavy atom. The van der Waals surface area contributed by atoms with Gasteiger partial charge >= 0.3 is 0 Å². The van der Waals surface area contributed by atoms with Crippen molar-refractivity contribution >= 4 is 17.2 Å². The number of carbonyl (C=O) groups excluding carboxylic acids is 1. The van der Waals surface area contributed by atoms with E-state index >= 15 is 0 Å². The summed E-state index contributed by atoms with van der Waals surface area (Å²) in [4.78, 5) is 16.8. The minimum atomic E-state index is -0.0480. The van der Waals surface area contributed by atoms with Gasteiger partial charge in [-0.3, -0.25) is 4.79 Å². The molecule has 5 nitrogen and oxygen atoms in total. The first-order valence-electron chi connectivity index (χ1n) is 10.9. The summed E-state index contributed by atoms with van der Waals surface area (Å²) in [6.07, 6.45) is 9.61. The summed E-state index contributed by atoms with van der Waals surface area (Å²) in [6, 6.07) is 4.00. The SMILES string of the molecule is O=C(N1CCCC(c2nnc(-c3cccs3)o2)C1)C12CC3CC(CC(C3)C1)C2. The average Bonchev–Trinajstić information content (AvgIpc) is 3.38. The number of hydrogen-bond donors (Lipinski definition) is 0. The topological polar surface area (TPSA) is 59.2 Å². The summed E-state index contributed by atoms with van der Waals surface area (Å²) >= 11 is 1.61. The smallest absolute Gasteiger partial charge is 0.257 e. The fourth-order valence-electron chi connectivity index (χ4n) is 6.97. The Morgan fingerprint density at radius 1 is 1.14 bits per heavy atom. The lowest BCUT2D eigenvalue weighted by Crippen LogP contribution is -2.55. The molecule has 4 aliphatic carbocycles. The van der Waals surface area contributed by atoms with E-state index in [1.807, 2.05) is 17.5 Å². The third-order valence-electron chi connectivity index (χ3n) is 7.72. The Bertz CT molecular complexity index is 839. The second-order valence-electron chi connectivity index (χ2n) is 9.71. The van der Waals surface area contributed by atoms with E-state index in [1.165, 1.54) is 19.3 Å². The van der Waals surface area contributed by atoms with E-state index in [1.54, 1.807) is 11.3 Å². The highest BCUT2D eigenvalue weighted by Gasteiger charge is 2.55. The lowest BCUT2D eigenvalue weighted by atomic mass is 9.49. The molecule has 1 amide bonds. The molecule has 7 rings (SSSR count). The molecule has 4 saturated carbocycles. The first-order chi connectivity index (χ1) is 13.7. The fourth-order valence-corrected chi connectivity index (χ4v) is 7.61. The van der Waals surface area contributed by atoms with Crippen molar-refractivity contribution in [3.8, 4) is 10.8 Å². The van der Waals surface area contributed by atoms with Crippen LogP contribution in [-0.2, 0) is 4.79 Å². The van der Waals surface area contributed by atoms with Crippen LogP contribution in [0.3, 0.4) is 0 Å². The zero-order valence-electron chi connectivity index (χ0n) is 16.2. The van der Waals surface area contributed by atoms with Gasteiger partial charge in [-0.2, -0.15) is 0 Å². The van der Waals surface area contributed by atoms with Crippen LogP contribution in [0, 0.1) is 23.2 Å². The summed E-state index contributed by atoms with van der Waals surface area (Å²) in [6.45, 7) is 1.63. The summed E-state index contributed by atoms with van der Waals surface area (Å²) in [5.41, 5.74) is -0.0480. The van der Waals surface area contributed by atoms with Crippen molar-refractivity contribution in [1.29, 1.82) is 0 Å². The van der Waals surface area contributed by atoms with Gasteiger partial charge in [0.05, 0.1) is 16.2 Å². The van der Waals surface area contributed by atoms with Crippen LogP contribution < -0.4 is 0 Å². The van der Waals surface area contributed by atoms with Gasteiger partial charge in [0.25, 0.3) is 5.89 Å². The maximum Gasteiger partial charge on any atom is 0.257 e. The largest absolute Gasteiger partial charge is 0.420 e. The number of hydrogen-bond acceptors (Lipinski definition) is 5. The molecule has 5 fully saturated rings. The molecule has 4 bridgehead atoms. The number of aromatic nitrogens is 2. The van der Waals surface area contributed by atoms with E-state index < -0.39 is 0 Å². The van der Waals surface area contributed by atoms with Crippen molar-refractivity contribution in [1.82, 2.24) is 15.1 Å². The number of thiophene rings is 1. The third-order valence-corrected chi connectivity index (χ3v) is 8.58. The molecule has 1 saturated heterocycles. The summed E-state index contributed by atoms with van der Waals surface area (Å²) in [5, 5.41) is 10.6. The van der Waals surface area contributed by atoms with Gasteiger partial charge in [-0.1, -0.05) is 6.07 Å². The lowest BCUT2D eigenvalue weighted by Gasteiger charge is -2.57. The second kappa shape index (κ2) is 6.41.